The fourth-order valence-electron chi connectivity index (χ4n) is 1.85. The van der Waals surface area contributed by atoms with E-state index in [2.05, 4.69) is 10.3 Å². The molecule has 0 aromatic heterocycles. The molecule has 0 heterocycles. The van der Waals surface area contributed by atoms with Crippen molar-refractivity contribution >= 4 is 11.6 Å². The molecule has 0 aliphatic rings. The van der Waals surface area contributed by atoms with E-state index in [1.54, 1.807) is 7.11 Å². The van der Waals surface area contributed by atoms with E-state index in [9.17, 15) is 0 Å². The summed E-state index contributed by atoms with van der Waals surface area (Å²) in [7, 11) is 1.65. The van der Waals surface area contributed by atoms with Crippen LogP contribution in [0, 0.1) is 0 Å². The van der Waals surface area contributed by atoms with Gasteiger partial charge in [-0.15, -0.1) is 0 Å². The van der Waals surface area contributed by atoms with Crippen LogP contribution < -0.4 is 15.8 Å². The Kier molecular flexibility index (Phi) is 6.26. The van der Waals surface area contributed by atoms with Crippen LogP contribution in [0.25, 0.3) is 0 Å². The zero-order valence-corrected chi connectivity index (χ0v) is 12.7. The number of methoxy groups -OCH3 is 1. The molecule has 0 atom stereocenters. The van der Waals surface area contributed by atoms with Crippen LogP contribution in [0.15, 0.2) is 59.6 Å². The number of anilines is 1. The van der Waals surface area contributed by atoms with E-state index in [0.717, 1.165) is 17.0 Å². The number of guanidine groups is 1. The number of aliphatic imine (C=N–C) groups is 1. The van der Waals surface area contributed by atoms with Crippen LogP contribution in [0.4, 0.5) is 5.69 Å². The van der Waals surface area contributed by atoms with Gasteiger partial charge in [0.05, 0.1) is 26.9 Å². The van der Waals surface area contributed by atoms with Crippen molar-refractivity contribution in [1.29, 1.82) is 0 Å². The summed E-state index contributed by atoms with van der Waals surface area (Å²) in [5.74, 6) is 1.23. The molecule has 2 aromatic rings. The van der Waals surface area contributed by atoms with Crippen molar-refractivity contribution in [2.24, 2.45) is 10.7 Å². The molecular weight excluding hydrogens is 278 g/mol. The summed E-state index contributed by atoms with van der Waals surface area (Å²) in [5.41, 5.74) is 7.82. The van der Waals surface area contributed by atoms with E-state index in [4.69, 9.17) is 15.2 Å². The van der Waals surface area contributed by atoms with Crippen LogP contribution >= 0.6 is 0 Å². The van der Waals surface area contributed by atoms with Gasteiger partial charge in [-0.1, -0.05) is 30.3 Å². The van der Waals surface area contributed by atoms with E-state index in [1.807, 2.05) is 54.6 Å². The van der Waals surface area contributed by atoms with Gasteiger partial charge in [-0.2, -0.15) is 0 Å². The number of rotatable bonds is 7. The molecular formula is C17H21N3O2. The highest BCUT2D eigenvalue weighted by molar-refractivity contribution is 5.92. The van der Waals surface area contributed by atoms with Crippen molar-refractivity contribution in [2.75, 3.05) is 25.6 Å². The molecule has 0 radical (unpaired) electrons. The highest BCUT2D eigenvalue weighted by Crippen LogP contribution is 2.11. The normalized spacial score (nSPS) is 11.2. The maximum Gasteiger partial charge on any atom is 0.193 e. The van der Waals surface area contributed by atoms with Gasteiger partial charge in [-0.3, -0.25) is 4.99 Å². The van der Waals surface area contributed by atoms with E-state index in [0.29, 0.717) is 25.7 Å². The summed E-state index contributed by atoms with van der Waals surface area (Å²) >= 11 is 0. The van der Waals surface area contributed by atoms with Gasteiger partial charge in [0.1, 0.15) is 5.75 Å². The van der Waals surface area contributed by atoms with Gasteiger partial charge in [0.2, 0.25) is 0 Å². The molecule has 0 aliphatic carbocycles. The minimum atomic E-state index is 0.388. The molecule has 5 heteroatoms. The van der Waals surface area contributed by atoms with Crippen LogP contribution in [0.2, 0.25) is 0 Å². The van der Waals surface area contributed by atoms with Crippen molar-refractivity contribution in [3.63, 3.8) is 0 Å². The average Bonchev–Trinajstić information content (AvgIpc) is 2.56. The maximum absolute atomic E-state index is 5.80. The molecule has 0 saturated carbocycles. The SMILES string of the molecule is COc1ccc(COCCN=C(N)Nc2ccccc2)cc1. The lowest BCUT2D eigenvalue weighted by Crippen LogP contribution is -2.23. The summed E-state index contributed by atoms with van der Waals surface area (Å²) in [6.07, 6.45) is 0. The van der Waals surface area contributed by atoms with Crippen molar-refractivity contribution in [2.45, 2.75) is 6.61 Å². The number of hydrogen-bond acceptors (Lipinski definition) is 3. The second-order valence-electron chi connectivity index (χ2n) is 4.66. The summed E-state index contributed by atoms with van der Waals surface area (Å²) in [6, 6.07) is 17.5. The lowest BCUT2D eigenvalue weighted by Gasteiger charge is -2.06. The van der Waals surface area contributed by atoms with Crippen LogP contribution in [-0.2, 0) is 11.3 Å². The topological polar surface area (TPSA) is 68.9 Å². The van der Waals surface area contributed by atoms with E-state index < -0.39 is 0 Å². The second kappa shape index (κ2) is 8.69. The Balaban J connectivity index is 1.66. The number of hydrogen-bond donors (Lipinski definition) is 2. The maximum atomic E-state index is 5.80. The standard InChI is InChI=1S/C17H21N3O2/c1-21-16-9-7-14(8-10-16)13-22-12-11-19-17(18)20-15-5-3-2-4-6-15/h2-10H,11-13H2,1H3,(H3,18,19,20). The molecule has 0 amide bonds. The van der Waals surface area contributed by atoms with Gasteiger partial charge in [0, 0.05) is 5.69 Å². The van der Waals surface area contributed by atoms with Crippen molar-refractivity contribution in [1.82, 2.24) is 0 Å². The zero-order valence-electron chi connectivity index (χ0n) is 12.7. The molecule has 116 valence electrons. The fraction of sp³-hybridized carbons (Fsp3) is 0.235. The Hall–Kier alpha value is -2.53. The molecule has 3 N–H and O–H groups in total. The van der Waals surface area contributed by atoms with Gasteiger partial charge < -0.3 is 20.5 Å². The third-order valence-corrected chi connectivity index (χ3v) is 2.99. The van der Waals surface area contributed by atoms with Crippen LogP contribution in [0.1, 0.15) is 5.56 Å². The lowest BCUT2D eigenvalue weighted by molar-refractivity contribution is 0.128. The molecule has 2 rings (SSSR count). The minimum Gasteiger partial charge on any atom is -0.497 e. The third kappa shape index (κ3) is 5.46. The number of para-hydroxylation sites is 1. The van der Waals surface area contributed by atoms with Crippen LogP contribution in [0.5, 0.6) is 5.75 Å². The fourth-order valence-corrected chi connectivity index (χ4v) is 1.85. The first-order valence-corrected chi connectivity index (χ1v) is 7.10. The number of nitrogens with two attached hydrogens (primary N) is 1. The zero-order chi connectivity index (χ0) is 15.6. The van der Waals surface area contributed by atoms with Gasteiger partial charge in [-0.05, 0) is 29.8 Å². The summed E-state index contributed by atoms with van der Waals surface area (Å²) in [6.45, 7) is 1.58. The lowest BCUT2D eigenvalue weighted by atomic mass is 10.2. The number of nitrogens with zero attached hydrogens (tertiary/aromatic N) is 1. The molecule has 0 spiro atoms. The summed E-state index contributed by atoms with van der Waals surface area (Å²) in [5, 5.41) is 3.02. The van der Waals surface area contributed by atoms with Crippen LogP contribution in [0.3, 0.4) is 0 Å². The van der Waals surface area contributed by atoms with Gasteiger partial charge in [0.25, 0.3) is 0 Å². The monoisotopic (exact) mass is 299 g/mol. The highest BCUT2D eigenvalue weighted by atomic mass is 16.5. The van der Waals surface area contributed by atoms with Gasteiger partial charge >= 0.3 is 0 Å². The Labute approximate surface area is 130 Å². The number of benzene rings is 2. The van der Waals surface area contributed by atoms with Crippen molar-refractivity contribution in [3.8, 4) is 5.75 Å². The molecule has 0 saturated heterocycles. The molecule has 0 unspecified atom stereocenters. The van der Waals surface area contributed by atoms with E-state index in [1.165, 1.54) is 0 Å². The molecule has 0 bridgehead atoms. The molecule has 0 aliphatic heterocycles. The Bertz CT molecular complexity index is 583. The third-order valence-electron chi connectivity index (χ3n) is 2.99. The highest BCUT2D eigenvalue weighted by Gasteiger charge is 1.96. The molecule has 22 heavy (non-hydrogen) atoms. The van der Waals surface area contributed by atoms with Crippen molar-refractivity contribution < 1.29 is 9.47 Å². The molecule has 2 aromatic carbocycles. The van der Waals surface area contributed by atoms with Gasteiger partial charge in [-0.25, -0.2) is 0 Å². The Morgan fingerprint density at radius 3 is 2.50 bits per heavy atom. The number of nitrogens with one attached hydrogen (secondary N) is 1. The van der Waals surface area contributed by atoms with Gasteiger partial charge in [0.15, 0.2) is 5.96 Å². The summed E-state index contributed by atoms with van der Waals surface area (Å²) < 4.78 is 10.7. The first-order chi connectivity index (χ1) is 10.8. The first kappa shape index (κ1) is 15.9. The molecule has 5 nitrogen and oxygen atoms in total. The Morgan fingerprint density at radius 2 is 1.82 bits per heavy atom. The largest absolute Gasteiger partial charge is 0.497 e. The minimum absolute atomic E-state index is 0.388. The predicted octanol–water partition coefficient (Wildman–Crippen LogP) is 2.64. The number of ether oxygens (including phenoxy) is 2. The average molecular weight is 299 g/mol. The molecule has 0 fully saturated rings. The smallest absolute Gasteiger partial charge is 0.193 e. The second-order valence-corrected chi connectivity index (χ2v) is 4.66. The van der Waals surface area contributed by atoms with E-state index in [-0.39, 0.29) is 0 Å². The Morgan fingerprint density at radius 1 is 1.09 bits per heavy atom. The summed E-state index contributed by atoms with van der Waals surface area (Å²) in [4.78, 5) is 4.22. The predicted molar refractivity (Wildman–Crippen MR) is 89.2 cm³/mol. The first-order valence-electron chi connectivity index (χ1n) is 7.10. The van der Waals surface area contributed by atoms with Crippen LogP contribution in [-0.4, -0.2) is 26.2 Å². The van der Waals surface area contributed by atoms with Crippen molar-refractivity contribution in [3.05, 3.63) is 60.2 Å². The quantitative estimate of drug-likeness (QED) is 0.468. The van der Waals surface area contributed by atoms with E-state index >= 15 is 0 Å².